The van der Waals surface area contributed by atoms with E-state index in [4.69, 9.17) is 4.74 Å². The Kier molecular flexibility index (Phi) is 5.84. The van der Waals surface area contributed by atoms with Crippen molar-refractivity contribution < 1.29 is 9.53 Å². The minimum absolute atomic E-state index is 0.103. The van der Waals surface area contributed by atoms with Crippen molar-refractivity contribution in [1.82, 2.24) is 20.2 Å². The molecule has 1 aliphatic rings. The van der Waals surface area contributed by atoms with Crippen LogP contribution < -0.4 is 10.2 Å². The molecule has 0 unspecified atom stereocenters. The van der Waals surface area contributed by atoms with Crippen LogP contribution in [0.4, 0.5) is 0 Å². The zero-order chi connectivity index (χ0) is 21.1. The van der Waals surface area contributed by atoms with Crippen molar-refractivity contribution in [3.05, 3.63) is 64.3 Å². The van der Waals surface area contributed by atoms with Crippen LogP contribution in [-0.2, 0) is 0 Å². The zero-order valence-corrected chi connectivity index (χ0v) is 18.0. The molecule has 0 bridgehead atoms. The summed E-state index contributed by atoms with van der Waals surface area (Å²) in [6.45, 7) is 1.59. The maximum Gasteiger partial charge on any atom is 0.287 e. The summed E-state index contributed by atoms with van der Waals surface area (Å²) in [6, 6.07) is 17.1. The second kappa shape index (κ2) is 8.69. The minimum Gasteiger partial charge on any atom is -0.497 e. The summed E-state index contributed by atoms with van der Waals surface area (Å²) < 4.78 is 7.69. The molecular weight excluding hydrogens is 445 g/mol. The number of carbonyl (C=O) groups excluding carboxylic acids is 1. The molecule has 0 atom stereocenters. The summed E-state index contributed by atoms with van der Waals surface area (Å²) in [5.41, 5.74) is 5.26. The van der Waals surface area contributed by atoms with Crippen LogP contribution in [0.2, 0.25) is 0 Å². The number of halogens is 1. The fourth-order valence-corrected chi connectivity index (χ4v) is 3.97. The number of aromatic nitrogens is 2. The van der Waals surface area contributed by atoms with Gasteiger partial charge in [0.05, 0.1) is 18.5 Å². The first-order chi connectivity index (χ1) is 14.6. The first-order valence-electron chi connectivity index (χ1n) is 9.60. The van der Waals surface area contributed by atoms with Crippen LogP contribution >= 0.6 is 15.9 Å². The maximum atomic E-state index is 13.0. The van der Waals surface area contributed by atoms with Crippen LogP contribution in [0.15, 0.2) is 53.0 Å². The molecule has 1 amide bonds. The number of benzene rings is 2. The van der Waals surface area contributed by atoms with E-state index in [1.807, 2.05) is 53.5 Å². The average molecular weight is 465 g/mol. The largest absolute Gasteiger partial charge is 0.497 e. The van der Waals surface area contributed by atoms with Crippen LogP contribution in [0.25, 0.3) is 16.9 Å². The third-order valence-corrected chi connectivity index (χ3v) is 5.69. The number of hydrogen-bond donors (Lipinski definition) is 1. The van der Waals surface area contributed by atoms with E-state index in [-0.39, 0.29) is 17.2 Å². The number of nitriles is 1. The van der Waals surface area contributed by atoms with Gasteiger partial charge >= 0.3 is 0 Å². The second-order valence-corrected chi connectivity index (χ2v) is 7.77. The summed E-state index contributed by atoms with van der Waals surface area (Å²) in [6.07, 6.45) is 2.07. The van der Waals surface area contributed by atoms with E-state index in [1.54, 1.807) is 11.8 Å². The van der Waals surface area contributed by atoms with Crippen molar-refractivity contribution >= 4 is 21.8 Å². The lowest BCUT2D eigenvalue weighted by molar-refractivity contribution is 0.0819. The summed E-state index contributed by atoms with van der Waals surface area (Å²) in [4.78, 5) is 13.0. The fourth-order valence-electron chi connectivity index (χ4n) is 3.52. The molecule has 2 aromatic carbocycles. The molecule has 0 spiro atoms. The number of hydrogen-bond acceptors (Lipinski definition) is 5. The normalized spacial score (nSPS) is 13.8. The Labute approximate surface area is 183 Å². The maximum absolute atomic E-state index is 13.0. The first-order valence-corrected chi connectivity index (χ1v) is 10.4. The van der Waals surface area contributed by atoms with Gasteiger partial charge in [-0.25, -0.2) is 9.69 Å². The van der Waals surface area contributed by atoms with Crippen LogP contribution in [0.5, 0.6) is 5.75 Å². The minimum atomic E-state index is -0.381. The fraction of sp³-hybridized carbons (Fsp3) is 0.227. The molecule has 1 fully saturated rings. The van der Waals surface area contributed by atoms with E-state index in [2.05, 4.69) is 32.5 Å². The highest BCUT2D eigenvalue weighted by atomic mass is 79.9. The molecule has 152 valence electrons. The summed E-state index contributed by atoms with van der Waals surface area (Å²) in [5.74, 6) is 0.324. The Balaban J connectivity index is 1.87. The van der Waals surface area contributed by atoms with Crippen molar-refractivity contribution in [2.24, 2.45) is 0 Å². The molecular formula is C22H20BrN5O2. The molecule has 30 heavy (non-hydrogen) atoms. The quantitative estimate of drug-likeness (QED) is 0.618. The molecule has 7 nitrogen and oxygen atoms in total. The van der Waals surface area contributed by atoms with Crippen molar-refractivity contribution in [1.29, 1.82) is 5.26 Å². The van der Waals surface area contributed by atoms with Gasteiger partial charge in [-0.1, -0.05) is 12.1 Å². The highest BCUT2D eigenvalue weighted by molar-refractivity contribution is 9.10. The molecule has 3 aromatic rings. The van der Waals surface area contributed by atoms with E-state index in [0.29, 0.717) is 11.4 Å². The van der Waals surface area contributed by atoms with Gasteiger partial charge in [-0.05, 0) is 65.2 Å². The molecule has 1 N–H and O–H groups in total. The number of methoxy groups -OCH3 is 1. The van der Waals surface area contributed by atoms with Gasteiger partial charge in [0.2, 0.25) is 0 Å². The lowest BCUT2D eigenvalue weighted by Crippen LogP contribution is -2.40. The number of nitrogens with zero attached hydrogens (tertiary/aromatic N) is 4. The summed E-state index contributed by atoms with van der Waals surface area (Å²) >= 11 is 3.55. The number of ether oxygens (including phenoxy) is 1. The monoisotopic (exact) mass is 464 g/mol. The van der Waals surface area contributed by atoms with Crippen molar-refractivity contribution in [3.8, 4) is 28.8 Å². The third-order valence-electron chi connectivity index (χ3n) is 5.02. The zero-order valence-electron chi connectivity index (χ0n) is 16.4. The van der Waals surface area contributed by atoms with Crippen LogP contribution in [0.1, 0.15) is 28.9 Å². The van der Waals surface area contributed by atoms with Gasteiger partial charge in [0, 0.05) is 23.1 Å². The number of nitrogens with one attached hydrogen (secondary N) is 1. The lowest BCUT2D eigenvalue weighted by atomic mass is 10.1. The van der Waals surface area contributed by atoms with E-state index in [9.17, 15) is 10.1 Å². The first kappa shape index (κ1) is 20.1. The molecule has 1 aliphatic heterocycles. The number of carbonyl (C=O) groups is 1. The standard InChI is InChI=1S/C22H20BrN5O2/c1-30-16-10-8-15(9-11-16)21-17(14-24)20(22(29)26-27-12-4-5-13-27)25-28(21)19-7-3-2-6-18(19)23/h2-3,6-11H,4-5,12-13H2,1H3,(H,26,29)/i1-1. The third kappa shape index (κ3) is 3.82. The molecule has 4 rings (SSSR count). The molecule has 0 aliphatic carbocycles. The summed E-state index contributed by atoms with van der Waals surface area (Å²) in [7, 11) is 1.60. The Morgan fingerprint density at radius 3 is 2.50 bits per heavy atom. The Morgan fingerprint density at radius 1 is 1.17 bits per heavy atom. The van der Waals surface area contributed by atoms with Gasteiger partial charge in [-0.2, -0.15) is 10.4 Å². The van der Waals surface area contributed by atoms with Crippen molar-refractivity contribution in [3.63, 3.8) is 0 Å². The number of rotatable bonds is 5. The average Bonchev–Trinajstić information content (AvgIpc) is 3.41. The van der Waals surface area contributed by atoms with E-state index in [1.165, 1.54) is 0 Å². The molecule has 1 saturated heterocycles. The topological polar surface area (TPSA) is 83.2 Å². The van der Waals surface area contributed by atoms with Crippen LogP contribution in [-0.4, -0.2) is 40.9 Å². The van der Waals surface area contributed by atoms with Crippen LogP contribution in [0.3, 0.4) is 0 Å². The SMILES string of the molecule is [11CH3]Oc1ccc(-c2c(C#N)c(C(=O)NN3CCCC3)nn2-c2ccccc2Br)cc1. The number of amides is 1. The van der Waals surface area contributed by atoms with E-state index >= 15 is 0 Å². The van der Waals surface area contributed by atoms with Crippen molar-refractivity contribution in [2.45, 2.75) is 12.8 Å². The lowest BCUT2D eigenvalue weighted by Gasteiger charge is -2.15. The van der Waals surface area contributed by atoms with Crippen molar-refractivity contribution in [2.75, 3.05) is 20.2 Å². The van der Waals surface area contributed by atoms with Gasteiger partial charge in [-0.3, -0.25) is 10.2 Å². The number of para-hydroxylation sites is 1. The highest BCUT2D eigenvalue weighted by Gasteiger charge is 2.27. The van der Waals surface area contributed by atoms with Gasteiger partial charge in [0.25, 0.3) is 5.91 Å². The predicted molar refractivity (Wildman–Crippen MR) is 116 cm³/mol. The van der Waals surface area contributed by atoms with Gasteiger partial charge in [-0.15, -0.1) is 0 Å². The van der Waals surface area contributed by atoms with Gasteiger partial charge in [0.1, 0.15) is 17.4 Å². The Bertz CT molecular complexity index is 1110. The molecule has 1 aromatic heterocycles. The van der Waals surface area contributed by atoms with Gasteiger partial charge < -0.3 is 4.74 Å². The number of hydrazine groups is 1. The molecule has 8 heteroatoms. The highest BCUT2D eigenvalue weighted by Crippen LogP contribution is 2.32. The molecule has 0 radical (unpaired) electrons. The Morgan fingerprint density at radius 2 is 1.87 bits per heavy atom. The molecule has 0 saturated carbocycles. The Hall–Kier alpha value is -3.15. The van der Waals surface area contributed by atoms with Crippen LogP contribution in [0, 0.1) is 11.3 Å². The predicted octanol–water partition coefficient (Wildman–Crippen LogP) is 3.92. The van der Waals surface area contributed by atoms with E-state index in [0.717, 1.165) is 41.7 Å². The second-order valence-electron chi connectivity index (χ2n) is 6.91. The summed E-state index contributed by atoms with van der Waals surface area (Å²) in [5, 5.41) is 16.4. The smallest absolute Gasteiger partial charge is 0.287 e. The molecule has 2 heterocycles. The van der Waals surface area contributed by atoms with E-state index < -0.39 is 0 Å². The van der Waals surface area contributed by atoms with Gasteiger partial charge in [0.15, 0.2) is 5.69 Å².